The SMILES string of the molecule is COc1ccc(C#Cc2c(NC(=O)O)ccn3cc(C)nc23)cc1. The first kappa shape index (κ1) is 15.4. The molecule has 6 heteroatoms. The molecule has 2 N–H and O–H groups in total. The molecule has 6 nitrogen and oxygen atoms in total. The summed E-state index contributed by atoms with van der Waals surface area (Å²) in [4.78, 5) is 15.4. The van der Waals surface area contributed by atoms with Crippen molar-refractivity contribution in [2.75, 3.05) is 12.4 Å². The van der Waals surface area contributed by atoms with E-state index in [0.717, 1.165) is 17.0 Å². The van der Waals surface area contributed by atoms with E-state index in [-0.39, 0.29) is 0 Å². The van der Waals surface area contributed by atoms with Crippen molar-refractivity contribution in [3.05, 3.63) is 59.5 Å². The smallest absolute Gasteiger partial charge is 0.409 e. The van der Waals surface area contributed by atoms with Crippen LogP contribution in [0.3, 0.4) is 0 Å². The zero-order valence-electron chi connectivity index (χ0n) is 13.2. The second-order valence-electron chi connectivity index (χ2n) is 5.13. The summed E-state index contributed by atoms with van der Waals surface area (Å²) in [6, 6.07) is 8.99. The summed E-state index contributed by atoms with van der Waals surface area (Å²) in [6.45, 7) is 1.87. The van der Waals surface area contributed by atoms with Gasteiger partial charge in [-0.2, -0.15) is 0 Å². The van der Waals surface area contributed by atoms with E-state index in [1.54, 1.807) is 19.4 Å². The van der Waals surface area contributed by atoms with E-state index in [4.69, 9.17) is 9.84 Å². The molecule has 2 heterocycles. The maximum Gasteiger partial charge on any atom is 0.409 e. The second kappa shape index (κ2) is 6.34. The fourth-order valence-corrected chi connectivity index (χ4v) is 2.32. The minimum absolute atomic E-state index is 0.404. The molecule has 120 valence electrons. The van der Waals surface area contributed by atoms with Crippen molar-refractivity contribution in [2.24, 2.45) is 0 Å². The zero-order valence-corrected chi connectivity index (χ0v) is 13.2. The van der Waals surface area contributed by atoms with Gasteiger partial charge in [0.25, 0.3) is 0 Å². The molecular weight excluding hydrogens is 306 g/mol. The Balaban J connectivity index is 2.09. The molecule has 1 amide bonds. The molecule has 0 fully saturated rings. The minimum Gasteiger partial charge on any atom is -0.497 e. The Bertz CT molecular complexity index is 963. The van der Waals surface area contributed by atoms with Gasteiger partial charge in [-0.05, 0) is 37.3 Å². The van der Waals surface area contributed by atoms with E-state index in [1.807, 2.05) is 41.8 Å². The number of methoxy groups -OCH3 is 1. The molecule has 1 aromatic carbocycles. The van der Waals surface area contributed by atoms with Crippen LogP contribution in [0, 0.1) is 18.8 Å². The molecule has 0 atom stereocenters. The number of rotatable bonds is 2. The predicted octanol–water partition coefficient (Wildman–Crippen LogP) is 3.14. The fraction of sp³-hybridized carbons (Fsp3) is 0.111. The van der Waals surface area contributed by atoms with E-state index in [0.29, 0.717) is 16.9 Å². The largest absolute Gasteiger partial charge is 0.497 e. The first-order valence-corrected chi connectivity index (χ1v) is 7.21. The molecule has 3 aromatic rings. The maximum absolute atomic E-state index is 11.0. The van der Waals surface area contributed by atoms with Crippen LogP contribution < -0.4 is 10.1 Å². The van der Waals surface area contributed by atoms with Crippen LogP contribution in [0.25, 0.3) is 5.65 Å². The number of anilines is 1. The van der Waals surface area contributed by atoms with Crippen molar-refractivity contribution in [1.29, 1.82) is 0 Å². The summed E-state index contributed by atoms with van der Waals surface area (Å²) in [5, 5.41) is 11.4. The van der Waals surface area contributed by atoms with Crippen molar-refractivity contribution in [3.8, 4) is 17.6 Å². The minimum atomic E-state index is -1.14. The number of pyridine rings is 1. The van der Waals surface area contributed by atoms with Gasteiger partial charge in [-0.1, -0.05) is 11.8 Å². The number of carboxylic acid groups (broad SMARTS) is 1. The third kappa shape index (κ3) is 3.15. The highest BCUT2D eigenvalue weighted by Crippen LogP contribution is 2.20. The highest BCUT2D eigenvalue weighted by atomic mass is 16.5. The van der Waals surface area contributed by atoms with E-state index in [1.165, 1.54) is 0 Å². The van der Waals surface area contributed by atoms with Crippen LogP contribution in [-0.2, 0) is 0 Å². The van der Waals surface area contributed by atoms with Crippen LogP contribution in [0.5, 0.6) is 5.75 Å². The lowest BCUT2D eigenvalue weighted by Gasteiger charge is -2.05. The van der Waals surface area contributed by atoms with Crippen LogP contribution in [-0.4, -0.2) is 27.7 Å². The Morgan fingerprint density at radius 2 is 2.00 bits per heavy atom. The van der Waals surface area contributed by atoms with E-state index in [9.17, 15) is 4.79 Å². The van der Waals surface area contributed by atoms with Gasteiger partial charge in [-0.3, -0.25) is 5.32 Å². The Morgan fingerprint density at radius 1 is 1.25 bits per heavy atom. The highest BCUT2D eigenvalue weighted by molar-refractivity contribution is 5.87. The third-order valence-electron chi connectivity index (χ3n) is 3.41. The molecule has 0 aliphatic heterocycles. The standard InChI is InChI=1S/C18H15N3O3/c1-12-11-21-10-9-16(20-18(22)23)15(17(21)19-12)8-5-13-3-6-14(24-2)7-4-13/h3-4,6-7,9-11,20H,1-2H3,(H,22,23). The number of aromatic nitrogens is 2. The number of nitrogens with zero attached hydrogens (tertiary/aromatic N) is 2. The van der Waals surface area contributed by atoms with Gasteiger partial charge in [0.15, 0.2) is 5.65 Å². The number of aryl methyl sites for hydroxylation is 1. The average Bonchev–Trinajstić information content (AvgIpc) is 2.94. The molecule has 2 aromatic heterocycles. The van der Waals surface area contributed by atoms with Gasteiger partial charge < -0.3 is 14.2 Å². The summed E-state index contributed by atoms with van der Waals surface area (Å²) in [5.74, 6) is 6.81. The number of hydrogen-bond acceptors (Lipinski definition) is 3. The first-order valence-electron chi connectivity index (χ1n) is 7.21. The molecule has 0 spiro atoms. The molecule has 0 saturated heterocycles. The molecule has 0 aliphatic rings. The third-order valence-corrected chi connectivity index (χ3v) is 3.41. The summed E-state index contributed by atoms with van der Waals surface area (Å²) >= 11 is 0. The van der Waals surface area contributed by atoms with Crippen LogP contribution in [0.4, 0.5) is 10.5 Å². The van der Waals surface area contributed by atoms with Gasteiger partial charge in [0.2, 0.25) is 0 Å². The van der Waals surface area contributed by atoms with Crippen LogP contribution in [0.15, 0.2) is 42.7 Å². The molecule has 24 heavy (non-hydrogen) atoms. The van der Waals surface area contributed by atoms with Crippen molar-refractivity contribution in [2.45, 2.75) is 6.92 Å². The van der Waals surface area contributed by atoms with Crippen molar-refractivity contribution in [1.82, 2.24) is 9.38 Å². The number of benzene rings is 1. The molecule has 0 unspecified atom stereocenters. The lowest BCUT2D eigenvalue weighted by Crippen LogP contribution is -2.09. The van der Waals surface area contributed by atoms with Gasteiger partial charge in [0.1, 0.15) is 5.75 Å². The predicted molar refractivity (Wildman–Crippen MR) is 90.6 cm³/mol. The van der Waals surface area contributed by atoms with E-state index < -0.39 is 6.09 Å². The molecule has 0 saturated carbocycles. The Labute approximate surface area is 138 Å². The Kier molecular flexibility index (Phi) is 4.08. The number of nitrogens with one attached hydrogen (secondary N) is 1. The maximum atomic E-state index is 11.0. The number of carbonyl (C=O) groups is 1. The van der Waals surface area contributed by atoms with Crippen LogP contribution in [0.1, 0.15) is 16.8 Å². The van der Waals surface area contributed by atoms with Gasteiger partial charge in [-0.25, -0.2) is 9.78 Å². The van der Waals surface area contributed by atoms with Gasteiger partial charge >= 0.3 is 6.09 Å². The normalized spacial score (nSPS) is 10.1. The van der Waals surface area contributed by atoms with Crippen LogP contribution >= 0.6 is 0 Å². The first-order chi connectivity index (χ1) is 11.6. The second-order valence-corrected chi connectivity index (χ2v) is 5.13. The number of ether oxygens (including phenoxy) is 1. The topological polar surface area (TPSA) is 75.9 Å². The number of hydrogen-bond donors (Lipinski definition) is 2. The van der Waals surface area contributed by atoms with E-state index in [2.05, 4.69) is 22.1 Å². The van der Waals surface area contributed by atoms with Gasteiger partial charge in [0.05, 0.1) is 24.1 Å². The lowest BCUT2D eigenvalue weighted by molar-refractivity contribution is 0.209. The molecule has 0 bridgehead atoms. The summed E-state index contributed by atoms with van der Waals surface area (Å²) in [7, 11) is 1.60. The fourth-order valence-electron chi connectivity index (χ4n) is 2.32. The molecule has 0 radical (unpaired) electrons. The molecular formula is C18H15N3O3. The monoisotopic (exact) mass is 321 g/mol. The van der Waals surface area contributed by atoms with Crippen molar-refractivity contribution < 1.29 is 14.6 Å². The van der Waals surface area contributed by atoms with Crippen LogP contribution in [0.2, 0.25) is 0 Å². The highest BCUT2D eigenvalue weighted by Gasteiger charge is 2.10. The Hall–Kier alpha value is -3.46. The number of amides is 1. The van der Waals surface area contributed by atoms with Crippen molar-refractivity contribution in [3.63, 3.8) is 0 Å². The van der Waals surface area contributed by atoms with E-state index >= 15 is 0 Å². The molecule has 3 rings (SSSR count). The van der Waals surface area contributed by atoms with Gasteiger partial charge in [0, 0.05) is 18.0 Å². The number of imidazole rings is 1. The number of fused-ring (bicyclic) bond motifs is 1. The quantitative estimate of drug-likeness (QED) is 0.711. The zero-order chi connectivity index (χ0) is 17.1. The summed E-state index contributed by atoms with van der Waals surface area (Å²) in [6.07, 6.45) is 2.47. The lowest BCUT2D eigenvalue weighted by atomic mass is 10.1. The Morgan fingerprint density at radius 3 is 2.67 bits per heavy atom. The average molecular weight is 321 g/mol. The summed E-state index contributed by atoms with van der Waals surface area (Å²) in [5.41, 5.74) is 3.17. The molecule has 0 aliphatic carbocycles. The van der Waals surface area contributed by atoms with Gasteiger partial charge in [-0.15, -0.1) is 0 Å². The summed E-state index contributed by atoms with van der Waals surface area (Å²) < 4.78 is 6.94. The van der Waals surface area contributed by atoms with Crippen molar-refractivity contribution >= 4 is 17.4 Å².